The van der Waals surface area contributed by atoms with Gasteiger partial charge in [-0.1, -0.05) is 133 Å². The van der Waals surface area contributed by atoms with Crippen molar-refractivity contribution in [1.29, 1.82) is 0 Å². The van der Waals surface area contributed by atoms with Crippen molar-refractivity contribution < 1.29 is 0 Å². The molecule has 1 nitrogen and oxygen atoms in total. The van der Waals surface area contributed by atoms with Crippen molar-refractivity contribution in [3.05, 3.63) is 164 Å². The summed E-state index contributed by atoms with van der Waals surface area (Å²) in [5, 5.41) is 5.20. The number of fused-ring (bicyclic) bond motifs is 6. The maximum absolute atomic E-state index is 2.45. The van der Waals surface area contributed by atoms with Crippen LogP contribution in [0.2, 0.25) is 0 Å². The first-order chi connectivity index (χ1) is 21.8. The summed E-state index contributed by atoms with van der Waals surface area (Å²) in [6.45, 7) is 0. The fourth-order valence-electron chi connectivity index (χ4n) is 6.78. The van der Waals surface area contributed by atoms with Crippen LogP contribution in [0.4, 0.5) is 0 Å². The molecule has 0 unspecified atom stereocenters. The molecule has 2 heterocycles. The van der Waals surface area contributed by atoms with E-state index in [1.807, 2.05) is 11.3 Å². The van der Waals surface area contributed by atoms with E-state index in [0.717, 1.165) is 0 Å². The van der Waals surface area contributed by atoms with Crippen LogP contribution in [0, 0.1) is 0 Å². The molecule has 206 valence electrons. The van der Waals surface area contributed by atoms with Gasteiger partial charge in [-0.05, 0) is 63.7 Å². The van der Waals surface area contributed by atoms with Crippen LogP contribution in [0.5, 0.6) is 0 Å². The zero-order valence-corrected chi connectivity index (χ0v) is 24.8. The van der Waals surface area contributed by atoms with E-state index in [-0.39, 0.29) is 0 Å². The van der Waals surface area contributed by atoms with Crippen LogP contribution in [-0.2, 0) is 0 Å². The summed E-state index contributed by atoms with van der Waals surface area (Å²) in [6.07, 6.45) is 0. The number of thiophene rings is 1. The number of aromatic nitrogens is 1. The molecular weight excluding hydrogens is 551 g/mol. The number of nitrogens with zero attached hydrogens (tertiary/aromatic N) is 1. The second-order valence-corrected chi connectivity index (χ2v) is 12.4. The molecule has 0 saturated carbocycles. The quantitative estimate of drug-likeness (QED) is 0.196. The van der Waals surface area contributed by atoms with E-state index in [1.54, 1.807) is 0 Å². The van der Waals surface area contributed by atoms with Crippen LogP contribution in [0.3, 0.4) is 0 Å². The Bertz CT molecular complexity index is 2430. The van der Waals surface area contributed by atoms with Crippen LogP contribution >= 0.6 is 11.3 Å². The van der Waals surface area contributed by atoms with E-state index in [4.69, 9.17) is 0 Å². The molecule has 0 atom stereocenters. The summed E-state index contributed by atoms with van der Waals surface area (Å²) >= 11 is 1.89. The lowest BCUT2D eigenvalue weighted by molar-refractivity contribution is 1.20. The molecule has 0 aliphatic heterocycles. The summed E-state index contributed by atoms with van der Waals surface area (Å²) in [4.78, 5) is 0. The van der Waals surface area contributed by atoms with Crippen LogP contribution in [0.1, 0.15) is 0 Å². The predicted molar refractivity (Wildman–Crippen MR) is 190 cm³/mol. The van der Waals surface area contributed by atoms with Gasteiger partial charge in [0, 0.05) is 26.2 Å². The fourth-order valence-corrected chi connectivity index (χ4v) is 8.02. The molecule has 2 aromatic heterocycles. The molecule has 0 amide bonds. The summed E-state index contributed by atoms with van der Waals surface area (Å²) in [5.41, 5.74) is 11.2. The molecule has 9 rings (SSSR count). The average Bonchev–Trinajstić information content (AvgIpc) is 3.65. The van der Waals surface area contributed by atoms with Gasteiger partial charge >= 0.3 is 0 Å². The highest BCUT2D eigenvalue weighted by Gasteiger charge is 2.18. The van der Waals surface area contributed by atoms with Crippen LogP contribution in [-0.4, -0.2) is 4.57 Å². The molecule has 44 heavy (non-hydrogen) atoms. The van der Waals surface area contributed by atoms with Gasteiger partial charge in [0.1, 0.15) is 0 Å². The number of para-hydroxylation sites is 2. The second-order valence-electron chi connectivity index (χ2n) is 11.3. The lowest BCUT2D eigenvalue weighted by Crippen LogP contribution is -1.93. The van der Waals surface area contributed by atoms with Crippen molar-refractivity contribution in [1.82, 2.24) is 4.57 Å². The molecular formula is C42H27NS. The highest BCUT2D eigenvalue weighted by molar-refractivity contribution is 7.26. The van der Waals surface area contributed by atoms with E-state index in [0.29, 0.717) is 0 Å². The van der Waals surface area contributed by atoms with Crippen LogP contribution < -0.4 is 0 Å². The molecule has 0 fully saturated rings. The van der Waals surface area contributed by atoms with Gasteiger partial charge in [0.15, 0.2) is 0 Å². The average molecular weight is 578 g/mol. The van der Waals surface area contributed by atoms with Crippen LogP contribution in [0.25, 0.3) is 81.0 Å². The van der Waals surface area contributed by atoms with Crippen molar-refractivity contribution >= 4 is 53.3 Å². The largest absolute Gasteiger partial charge is 0.308 e. The Kier molecular flexibility index (Phi) is 5.75. The molecule has 2 heteroatoms. The fraction of sp³-hybridized carbons (Fsp3) is 0. The van der Waals surface area contributed by atoms with Gasteiger partial charge in [0.05, 0.1) is 21.4 Å². The van der Waals surface area contributed by atoms with Crippen LogP contribution in [0.15, 0.2) is 164 Å². The van der Waals surface area contributed by atoms with Gasteiger partial charge < -0.3 is 4.57 Å². The zero-order chi connectivity index (χ0) is 29.0. The lowest BCUT2D eigenvalue weighted by Gasteiger charge is -2.10. The highest BCUT2D eigenvalue weighted by atomic mass is 32.1. The summed E-state index contributed by atoms with van der Waals surface area (Å²) < 4.78 is 5.07. The second kappa shape index (κ2) is 10.1. The Morgan fingerprint density at radius 1 is 0.386 bits per heavy atom. The van der Waals surface area contributed by atoms with Gasteiger partial charge in [-0.25, -0.2) is 0 Å². The van der Waals surface area contributed by atoms with Crippen molar-refractivity contribution in [2.24, 2.45) is 0 Å². The summed E-state index contributed by atoms with van der Waals surface area (Å²) in [6, 6.07) is 59.5. The van der Waals surface area contributed by atoms with Crippen molar-refractivity contribution in [2.75, 3.05) is 0 Å². The topological polar surface area (TPSA) is 4.93 Å². The molecule has 0 aliphatic rings. The third-order valence-electron chi connectivity index (χ3n) is 8.82. The van der Waals surface area contributed by atoms with Gasteiger partial charge in [0.2, 0.25) is 0 Å². The molecule has 0 radical (unpaired) electrons. The first-order valence-corrected chi connectivity index (χ1v) is 15.8. The van der Waals surface area contributed by atoms with E-state index >= 15 is 0 Å². The highest BCUT2D eigenvalue weighted by Crippen LogP contribution is 2.44. The molecule has 0 saturated heterocycles. The third-order valence-corrected chi connectivity index (χ3v) is 10.0. The Hall–Kier alpha value is -5.44. The zero-order valence-electron chi connectivity index (χ0n) is 23.9. The molecule has 0 spiro atoms. The lowest BCUT2D eigenvalue weighted by atomic mass is 9.95. The minimum absolute atomic E-state index is 1.22. The SMILES string of the molecule is c1ccc(-c2ccc(-c3cccc(-c4cccc5sc6c(-n7c8ccccc8c8ccccc87)cccc6c45)c3)cc2)cc1. The van der Waals surface area contributed by atoms with Gasteiger partial charge in [0.25, 0.3) is 0 Å². The minimum Gasteiger partial charge on any atom is -0.308 e. The van der Waals surface area contributed by atoms with Crippen molar-refractivity contribution in [2.45, 2.75) is 0 Å². The van der Waals surface area contributed by atoms with E-state index in [2.05, 4.69) is 168 Å². The number of hydrogen-bond donors (Lipinski definition) is 0. The third kappa shape index (κ3) is 3.92. The number of benzene rings is 7. The Morgan fingerprint density at radius 3 is 1.68 bits per heavy atom. The van der Waals surface area contributed by atoms with Gasteiger partial charge in [-0.15, -0.1) is 11.3 Å². The van der Waals surface area contributed by atoms with E-state index in [9.17, 15) is 0 Å². The molecule has 9 aromatic rings. The normalized spacial score (nSPS) is 11.6. The smallest absolute Gasteiger partial charge is 0.0640 e. The van der Waals surface area contributed by atoms with Crippen molar-refractivity contribution in [3.63, 3.8) is 0 Å². The molecule has 0 bridgehead atoms. The Balaban J connectivity index is 1.20. The molecule has 7 aromatic carbocycles. The minimum atomic E-state index is 1.22. The standard InChI is InChI=1S/C42H27NS/c1-2-11-28(12-3-1)29-23-25-30(26-24-29)31-13-8-14-32(27-31)33-17-10-22-40-41(33)36-18-9-21-39(42(36)44-40)43-37-19-6-4-15-34(37)35-16-5-7-20-38(35)43/h1-27H. The Morgan fingerprint density at radius 2 is 0.932 bits per heavy atom. The molecule has 0 N–H and O–H groups in total. The van der Waals surface area contributed by atoms with E-state index < -0.39 is 0 Å². The summed E-state index contributed by atoms with van der Waals surface area (Å²) in [7, 11) is 0. The molecule has 0 aliphatic carbocycles. The Labute approximate surface area is 259 Å². The van der Waals surface area contributed by atoms with Crippen molar-refractivity contribution in [3.8, 4) is 39.1 Å². The van der Waals surface area contributed by atoms with Gasteiger partial charge in [-0.3, -0.25) is 0 Å². The first-order valence-electron chi connectivity index (χ1n) is 15.0. The maximum atomic E-state index is 2.45. The number of hydrogen-bond acceptors (Lipinski definition) is 1. The number of rotatable bonds is 4. The summed E-state index contributed by atoms with van der Waals surface area (Å²) in [5.74, 6) is 0. The monoisotopic (exact) mass is 577 g/mol. The van der Waals surface area contributed by atoms with Gasteiger partial charge in [-0.2, -0.15) is 0 Å². The first kappa shape index (κ1) is 25.1. The maximum Gasteiger partial charge on any atom is 0.0640 e. The van der Waals surface area contributed by atoms with E-state index in [1.165, 1.54) is 81.0 Å². The predicted octanol–water partition coefficient (Wildman–Crippen LogP) is 12.2.